The number of nitrogens with zero attached hydrogens (tertiary/aromatic N) is 2. The molecule has 168 valence electrons. The summed E-state index contributed by atoms with van der Waals surface area (Å²) in [4.78, 5) is 10.4. The number of aliphatic hydroxyl groups is 1. The second kappa shape index (κ2) is 8.80. The molecule has 0 amide bonds. The minimum atomic E-state index is -0.646. The van der Waals surface area contributed by atoms with Gasteiger partial charge in [0, 0.05) is 18.9 Å². The summed E-state index contributed by atoms with van der Waals surface area (Å²) in [5.41, 5.74) is 3.67. The fourth-order valence-electron chi connectivity index (χ4n) is 5.61. The Balaban J connectivity index is 1.14. The highest BCUT2D eigenvalue weighted by atomic mass is 19.1. The highest BCUT2D eigenvalue weighted by Crippen LogP contribution is 2.51. The van der Waals surface area contributed by atoms with Crippen molar-refractivity contribution in [2.45, 2.75) is 44.1 Å². The number of allylic oxidation sites excluding steroid dienone is 1. The summed E-state index contributed by atoms with van der Waals surface area (Å²) < 4.78 is 13.7. The number of para-hydroxylation sites is 2. The summed E-state index contributed by atoms with van der Waals surface area (Å²) in [5, 5.41) is 11.5. The molecule has 0 saturated heterocycles. The normalized spacial score (nSPS) is 24.9. The summed E-state index contributed by atoms with van der Waals surface area (Å²) in [7, 11) is 2.14. The summed E-state index contributed by atoms with van der Waals surface area (Å²) in [6, 6.07) is 15.0. The molecule has 4 nitrogen and oxygen atoms in total. The molecular formula is C27H32FN3O. The number of fused-ring (bicyclic) bond motifs is 3. The Morgan fingerprint density at radius 2 is 2.03 bits per heavy atom. The molecule has 3 aliphatic carbocycles. The first-order chi connectivity index (χ1) is 15.5. The predicted molar refractivity (Wildman–Crippen MR) is 127 cm³/mol. The van der Waals surface area contributed by atoms with Crippen molar-refractivity contribution < 1.29 is 9.50 Å². The van der Waals surface area contributed by atoms with Crippen LogP contribution >= 0.6 is 0 Å². The molecule has 0 spiro atoms. The molecule has 0 aliphatic heterocycles. The van der Waals surface area contributed by atoms with Gasteiger partial charge in [0.1, 0.15) is 11.6 Å². The first kappa shape index (κ1) is 21.4. The molecule has 2 aromatic carbocycles. The number of rotatable bonds is 8. The third kappa shape index (κ3) is 4.37. The third-order valence-electron chi connectivity index (χ3n) is 7.41. The molecule has 0 radical (unpaired) electrons. The quantitative estimate of drug-likeness (QED) is 0.513. The SMILES string of the molecule is CN(CCCc1nc2ccccc2[nH]1)CCC1(O)CC2CCC1C=C2c1cccc(F)c1. The van der Waals surface area contributed by atoms with Crippen molar-refractivity contribution in [2.24, 2.45) is 11.8 Å². The van der Waals surface area contributed by atoms with Crippen LogP contribution in [0, 0.1) is 17.7 Å². The Bertz CT molecular complexity index is 1090. The average Bonchev–Trinajstić information content (AvgIpc) is 3.21. The number of nitrogens with one attached hydrogen (secondary N) is 1. The monoisotopic (exact) mass is 433 g/mol. The zero-order chi connectivity index (χ0) is 22.1. The molecule has 6 rings (SSSR count). The van der Waals surface area contributed by atoms with Crippen LogP contribution in [-0.2, 0) is 6.42 Å². The van der Waals surface area contributed by atoms with Gasteiger partial charge < -0.3 is 15.0 Å². The zero-order valence-electron chi connectivity index (χ0n) is 18.7. The standard InChI is InChI=1S/C27H32FN3O/c1-31(14-5-10-26-29-24-8-2-3-9-25(24)30-26)15-13-27(32)18-20-11-12-21(27)17-23(20)19-6-4-7-22(28)16-19/h2-4,6-9,16-17,20-21,32H,5,10-15,18H2,1H3,(H,29,30). The number of aryl methyl sites for hydroxylation is 1. The van der Waals surface area contributed by atoms with E-state index in [0.29, 0.717) is 5.92 Å². The number of H-pyrrole nitrogens is 1. The molecule has 1 fully saturated rings. The van der Waals surface area contributed by atoms with Gasteiger partial charge in [0.05, 0.1) is 16.6 Å². The number of benzene rings is 2. The Morgan fingerprint density at radius 3 is 2.81 bits per heavy atom. The fraction of sp³-hybridized carbons (Fsp3) is 0.444. The highest BCUT2D eigenvalue weighted by molar-refractivity contribution is 5.74. The molecule has 2 bridgehead atoms. The Hall–Kier alpha value is -2.50. The zero-order valence-corrected chi connectivity index (χ0v) is 18.7. The van der Waals surface area contributed by atoms with Crippen molar-refractivity contribution in [3.8, 4) is 0 Å². The maximum absolute atomic E-state index is 13.7. The molecule has 3 aromatic rings. The molecular weight excluding hydrogens is 401 g/mol. The van der Waals surface area contributed by atoms with Crippen molar-refractivity contribution in [1.82, 2.24) is 14.9 Å². The van der Waals surface area contributed by atoms with E-state index in [1.807, 2.05) is 24.3 Å². The van der Waals surface area contributed by atoms with E-state index in [4.69, 9.17) is 0 Å². The number of aromatic amines is 1. The highest BCUT2D eigenvalue weighted by Gasteiger charge is 2.46. The summed E-state index contributed by atoms with van der Waals surface area (Å²) in [5.74, 6) is 1.34. The van der Waals surface area contributed by atoms with Crippen LogP contribution in [0.2, 0.25) is 0 Å². The van der Waals surface area contributed by atoms with E-state index in [0.717, 1.165) is 74.0 Å². The van der Waals surface area contributed by atoms with Gasteiger partial charge in [0.15, 0.2) is 0 Å². The molecule has 5 heteroatoms. The van der Waals surface area contributed by atoms with Crippen LogP contribution in [-0.4, -0.2) is 45.7 Å². The van der Waals surface area contributed by atoms with Gasteiger partial charge in [-0.2, -0.15) is 0 Å². The molecule has 1 heterocycles. The van der Waals surface area contributed by atoms with E-state index in [-0.39, 0.29) is 11.7 Å². The molecule has 1 aromatic heterocycles. The van der Waals surface area contributed by atoms with Gasteiger partial charge in [-0.05, 0) is 87.0 Å². The minimum absolute atomic E-state index is 0.162. The molecule has 2 N–H and O–H groups in total. The lowest BCUT2D eigenvalue weighted by Crippen LogP contribution is -2.48. The summed E-state index contributed by atoms with van der Waals surface area (Å²) in [6.07, 6.45) is 7.86. The first-order valence-electron chi connectivity index (χ1n) is 11.8. The van der Waals surface area contributed by atoms with Crippen molar-refractivity contribution >= 4 is 16.6 Å². The number of imidazole rings is 1. The number of hydrogen-bond acceptors (Lipinski definition) is 3. The van der Waals surface area contributed by atoms with E-state index in [9.17, 15) is 9.50 Å². The Morgan fingerprint density at radius 1 is 1.16 bits per heavy atom. The summed E-state index contributed by atoms with van der Waals surface area (Å²) >= 11 is 0. The lowest BCUT2D eigenvalue weighted by molar-refractivity contribution is -0.0574. The molecule has 3 unspecified atom stereocenters. The maximum Gasteiger partial charge on any atom is 0.123 e. The van der Waals surface area contributed by atoms with Gasteiger partial charge in [-0.1, -0.05) is 30.3 Å². The van der Waals surface area contributed by atoms with E-state index in [1.54, 1.807) is 12.1 Å². The van der Waals surface area contributed by atoms with Gasteiger partial charge in [0.25, 0.3) is 0 Å². The minimum Gasteiger partial charge on any atom is -0.389 e. The number of aromatic nitrogens is 2. The smallest absolute Gasteiger partial charge is 0.123 e. The van der Waals surface area contributed by atoms with E-state index in [1.165, 1.54) is 11.6 Å². The van der Waals surface area contributed by atoms with E-state index >= 15 is 0 Å². The van der Waals surface area contributed by atoms with Crippen LogP contribution < -0.4 is 0 Å². The van der Waals surface area contributed by atoms with Gasteiger partial charge in [-0.25, -0.2) is 9.37 Å². The topological polar surface area (TPSA) is 52.2 Å². The maximum atomic E-state index is 13.7. The van der Waals surface area contributed by atoms with Crippen molar-refractivity contribution in [3.05, 3.63) is 71.8 Å². The van der Waals surface area contributed by atoms with E-state index < -0.39 is 5.60 Å². The van der Waals surface area contributed by atoms with Gasteiger partial charge in [0.2, 0.25) is 0 Å². The largest absolute Gasteiger partial charge is 0.389 e. The second-order valence-corrected chi connectivity index (χ2v) is 9.68. The second-order valence-electron chi connectivity index (χ2n) is 9.68. The molecule has 32 heavy (non-hydrogen) atoms. The van der Waals surface area contributed by atoms with Gasteiger partial charge in [-0.15, -0.1) is 0 Å². The summed E-state index contributed by atoms with van der Waals surface area (Å²) in [6.45, 7) is 1.86. The van der Waals surface area contributed by atoms with Crippen molar-refractivity contribution in [3.63, 3.8) is 0 Å². The Labute approximate surface area is 189 Å². The van der Waals surface area contributed by atoms with Crippen LogP contribution in [0.25, 0.3) is 16.6 Å². The van der Waals surface area contributed by atoms with Crippen LogP contribution in [0.1, 0.15) is 43.5 Å². The number of hydrogen-bond donors (Lipinski definition) is 2. The van der Waals surface area contributed by atoms with Crippen LogP contribution in [0.3, 0.4) is 0 Å². The lowest BCUT2D eigenvalue weighted by Gasteiger charge is -2.48. The van der Waals surface area contributed by atoms with Crippen molar-refractivity contribution in [1.29, 1.82) is 0 Å². The Kier molecular flexibility index (Phi) is 5.87. The van der Waals surface area contributed by atoms with Gasteiger partial charge in [-0.3, -0.25) is 0 Å². The number of halogens is 1. The predicted octanol–water partition coefficient (Wildman–Crippen LogP) is 5.20. The first-order valence-corrected chi connectivity index (χ1v) is 11.8. The van der Waals surface area contributed by atoms with Crippen LogP contribution in [0.4, 0.5) is 4.39 Å². The average molecular weight is 434 g/mol. The van der Waals surface area contributed by atoms with Crippen LogP contribution in [0.5, 0.6) is 0 Å². The van der Waals surface area contributed by atoms with Crippen LogP contribution in [0.15, 0.2) is 54.6 Å². The van der Waals surface area contributed by atoms with E-state index in [2.05, 4.69) is 34.1 Å². The molecule has 3 aliphatic rings. The molecule has 1 saturated carbocycles. The fourth-order valence-corrected chi connectivity index (χ4v) is 5.61. The lowest BCUT2D eigenvalue weighted by atomic mass is 9.61. The van der Waals surface area contributed by atoms with Gasteiger partial charge >= 0.3 is 0 Å². The third-order valence-corrected chi connectivity index (χ3v) is 7.41. The van der Waals surface area contributed by atoms with Crippen molar-refractivity contribution in [2.75, 3.05) is 20.1 Å². The molecule has 3 atom stereocenters.